The van der Waals surface area contributed by atoms with Gasteiger partial charge in [-0.2, -0.15) is 0 Å². The molecule has 0 bridgehead atoms. The Labute approximate surface area is 251 Å². The summed E-state index contributed by atoms with van der Waals surface area (Å²) in [5.41, 5.74) is 4.14. The number of carbonyl (C=O) groups is 3. The van der Waals surface area contributed by atoms with Crippen LogP contribution in [0.4, 0.5) is 10.1 Å². The molecule has 1 aromatic heterocycles. The highest BCUT2D eigenvalue weighted by atomic mass is 19.1. The number of aromatic nitrogens is 1. The lowest BCUT2D eigenvalue weighted by Crippen LogP contribution is -2.65. The lowest BCUT2D eigenvalue weighted by Gasteiger charge is -2.50. The Balaban J connectivity index is 1.55. The van der Waals surface area contributed by atoms with Gasteiger partial charge in [0.05, 0.1) is 11.6 Å². The van der Waals surface area contributed by atoms with E-state index >= 15 is 0 Å². The zero-order valence-electron chi connectivity index (χ0n) is 24.5. The molecule has 3 aliphatic rings. The number of anilines is 1. The minimum absolute atomic E-state index is 0.0314. The van der Waals surface area contributed by atoms with Crippen molar-refractivity contribution in [2.45, 2.75) is 24.5 Å². The van der Waals surface area contributed by atoms with Crippen LogP contribution in [0, 0.1) is 17.7 Å². The highest BCUT2D eigenvalue weighted by Crippen LogP contribution is 2.53. The van der Waals surface area contributed by atoms with E-state index in [0.717, 1.165) is 0 Å². The van der Waals surface area contributed by atoms with Gasteiger partial charge < -0.3 is 30.4 Å². The number of benzene rings is 2. The number of oxazole rings is 1. The van der Waals surface area contributed by atoms with Crippen molar-refractivity contribution >= 4 is 52.2 Å². The molecule has 1 amide bonds. The van der Waals surface area contributed by atoms with Gasteiger partial charge in [0.25, 0.3) is 5.91 Å². The van der Waals surface area contributed by atoms with E-state index in [2.05, 4.69) is 4.98 Å². The number of hydrogen-bond acceptors (Lipinski definition) is 10. The predicted octanol–water partition coefficient (Wildman–Crippen LogP) is 2.78. The van der Waals surface area contributed by atoms with Gasteiger partial charge in [-0.1, -0.05) is 18.2 Å². The third-order valence-corrected chi connectivity index (χ3v) is 8.89. The molecule has 3 aliphatic carbocycles. The van der Waals surface area contributed by atoms with Crippen LogP contribution in [-0.4, -0.2) is 82.5 Å². The minimum atomic E-state index is -2.68. The molecule has 2 aromatic carbocycles. The number of hydrogen-bond donors (Lipinski definition) is 4. The molecule has 228 valence electrons. The third kappa shape index (κ3) is 4.09. The summed E-state index contributed by atoms with van der Waals surface area (Å²) >= 11 is 0. The molecule has 1 fully saturated rings. The summed E-state index contributed by atoms with van der Waals surface area (Å²) in [4.78, 5) is 47.5. The second kappa shape index (κ2) is 10.1. The van der Waals surface area contributed by atoms with Crippen molar-refractivity contribution in [1.82, 2.24) is 9.88 Å². The number of likely N-dealkylation sites (N-methyl/N-ethyl adjacent to an activating group) is 1. The highest BCUT2D eigenvalue weighted by Gasteiger charge is 2.64. The van der Waals surface area contributed by atoms with E-state index in [1.807, 2.05) is 19.0 Å². The van der Waals surface area contributed by atoms with E-state index in [1.54, 1.807) is 38.4 Å². The molecule has 1 saturated carbocycles. The Hall–Kier alpha value is -4.81. The van der Waals surface area contributed by atoms with E-state index in [-0.39, 0.29) is 35.5 Å². The number of aliphatic hydroxyl groups excluding tert-OH is 2. The van der Waals surface area contributed by atoms with E-state index < -0.39 is 63.9 Å². The number of primary amides is 1. The van der Waals surface area contributed by atoms with Gasteiger partial charge in [0, 0.05) is 42.9 Å². The second-order valence-corrected chi connectivity index (χ2v) is 11.9. The van der Waals surface area contributed by atoms with Gasteiger partial charge in [-0.25, -0.2) is 9.37 Å². The summed E-state index contributed by atoms with van der Waals surface area (Å²) in [6.45, 7) is 0. The average molecular weight is 603 g/mol. The number of fused-ring (bicyclic) bond motifs is 5. The van der Waals surface area contributed by atoms with Crippen LogP contribution in [0.25, 0.3) is 29.0 Å². The van der Waals surface area contributed by atoms with Gasteiger partial charge >= 0.3 is 0 Å². The van der Waals surface area contributed by atoms with Crippen LogP contribution in [-0.2, 0) is 20.8 Å². The van der Waals surface area contributed by atoms with Crippen LogP contribution in [0.1, 0.15) is 29.0 Å². The van der Waals surface area contributed by atoms with E-state index in [1.165, 1.54) is 23.1 Å². The van der Waals surface area contributed by atoms with Crippen molar-refractivity contribution in [3.63, 3.8) is 0 Å². The molecule has 6 rings (SSSR count). The number of ketones is 2. The topological polar surface area (TPSA) is 170 Å². The Kier molecular flexibility index (Phi) is 6.74. The average Bonchev–Trinajstić information content (AvgIpc) is 3.36. The van der Waals surface area contributed by atoms with Crippen LogP contribution < -0.4 is 10.6 Å². The molecule has 0 saturated heterocycles. The zero-order chi connectivity index (χ0) is 31.8. The Morgan fingerprint density at radius 1 is 1.16 bits per heavy atom. The molecule has 5 N–H and O–H groups in total. The molecule has 0 spiro atoms. The van der Waals surface area contributed by atoms with Crippen LogP contribution >= 0.6 is 0 Å². The van der Waals surface area contributed by atoms with Gasteiger partial charge in [-0.05, 0) is 56.6 Å². The maximum absolute atomic E-state index is 14.2. The van der Waals surface area contributed by atoms with Crippen molar-refractivity contribution in [3.05, 3.63) is 75.6 Å². The van der Waals surface area contributed by atoms with Gasteiger partial charge in [-0.3, -0.25) is 19.3 Å². The summed E-state index contributed by atoms with van der Waals surface area (Å²) in [6.07, 6.45) is 3.26. The largest absolute Gasteiger partial charge is 0.508 e. The van der Waals surface area contributed by atoms with Crippen LogP contribution in [0.5, 0.6) is 0 Å². The molecule has 12 heteroatoms. The standard InChI is InChI=1S/C32H31FN4O7/c1-36(2)20-13-19-28(44-21(35-19)10-9-14-7-5-6-8-18(14)33)23-16(20)11-15-12-17-25(37(3)4)27(39)24(31(34)42)30(41)32(17,43)29(40)22(15)26(23)38/h5-10,13,15,17,25,38,41,43H,11-12H2,1-4H3,(H2,34,42)/t15-,17-,25-,32-/m0/s1. The molecule has 0 unspecified atom stereocenters. The predicted molar refractivity (Wildman–Crippen MR) is 160 cm³/mol. The summed E-state index contributed by atoms with van der Waals surface area (Å²) in [6, 6.07) is 6.84. The molecule has 3 aromatic rings. The lowest BCUT2D eigenvalue weighted by molar-refractivity contribution is -0.153. The van der Waals surface area contributed by atoms with E-state index in [0.29, 0.717) is 22.3 Å². The number of rotatable bonds is 5. The van der Waals surface area contributed by atoms with Gasteiger partial charge in [0.1, 0.15) is 28.4 Å². The molecular weight excluding hydrogens is 571 g/mol. The Morgan fingerprint density at radius 2 is 1.86 bits per heavy atom. The lowest BCUT2D eigenvalue weighted by atomic mass is 9.57. The number of aliphatic hydroxyl groups is 3. The molecule has 4 atom stereocenters. The maximum atomic E-state index is 14.2. The normalized spacial score (nSPS) is 25.1. The molecular formula is C32H31FN4O7. The van der Waals surface area contributed by atoms with E-state index in [4.69, 9.17) is 10.2 Å². The molecule has 44 heavy (non-hydrogen) atoms. The van der Waals surface area contributed by atoms with Crippen molar-refractivity contribution in [1.29, 1.82) is 0 Å². The third-order valence-electron chi connectivity index (χ3n) is 8.89. The maximum Gasteiger partial charge on any atom is 0.255 e. The van der Waals surface area contributed by atoms with E-state index in [9.17, 15) is 34.1 Å². The summed E-state index contributed by atoms with van der Waals surface area (Å²) < 4.78 is 20.2. The second-order valence-electron chi connectivity index (χ2n) is 11.9. The molecule has 0 aliphatic heterocycles. The first-order chi connectivity index (χ1) is 20.8. The smallest absolute Gasteiger partial charge is 0.255 e. The van der Waals surface area contributed by atoms with Crippen LogP contribution in [0.15, 0.2) is 51.7 Å². The fraction of sp³-hybridized carbons (Fsp3) is 0.312. The fourth-order valence-corrected chi connectivity index (χ4v) is 6.94. The summed E-state index contributed by atoms with van der Waals surface area (Å²) in [5.74, 6) is -6.73. The fourth-order valence-electron chi connectivity index (χ4n) is 6.94. The quantitative estimate of drug-likeness (QED) is 0.319. The highest BCUT2D eigenvalue weighted by molar-refractivity contribution is 6.24. The number of nitrogens with zero attached hydrogens (tertiary/aromatic N) is 3. The first kappa shape index (κ1) is 29.3. The summed E-state index contributed by atoms with van der Waals surface area (Å²) in [7, 11) is 6.77. The summed E-state index contributed by atoms with van der Waals surface area (Å²) in [5, 5.41) is 34.7. The molecule has 0 radical (unpaired) electrons. The number of carbonyl (C=O) groups excluding carboxylic acids is 3. The van der Waals surface area contributed by atoms with Crippen LogP contribution in [0.3, 0.4) is 0 Å². The first-order valence-corrected chi connectivity index (χ1v) is 14.0. The van der Waals surface area contributed by atoms with Crippen molar-refractivity contribution in [2.24, 2.45) is 17.6 Å². The number of Topliss-reactive ketones (excluding diaryl/α,β-unsaturated/α-hetero) is 2. The van der Waals surface area contributed by atoms with Gasteiger partial charge in [-0.15, -0.1) is 0 Å². The molecule has 11 nitrogen and oxygen atoms in total. The van der Waals surface area contributed by atoms with Crippen molar-refractivity contribution in [3.8, 4) is 0 Å². The number of amides is 1. The Bertz CT molecular complexity index is 1870. The van der Waals surface area contributed by atoms with Gasteiger partial charge in [0.2, 0.25) is 11.7 Å². The number of nitrogens with two attached hydrogens (primary N) is 1. The van der Waals surface area contributed by atoms with Gasteiger partial charge in [0.15, 0.2) is 17.0 Å². The number of halogens is 1. The van der Waals surface area contributed by atoms with Crippen molar-refractivity contribution in [2.75, 3.05) is 33.1 Å². The molecule has 1 heterocycles. The monoisotopic (exact) mass is 602 g/mol. The SMILES string of the molecule is CN(C)c1cc2nc(C=Cc3ccccc3F)oc2c2c1C[C@H]1C[C@H]3[C@H](N(C)C)C(=O)C(C(N)=O)=C(O)[C@@]3(O)C(=O)C1=C2O. The van der Waals surface area contributed by atoms with Crippen LogP contribution in [0.2, 0.25) is 0 Å². The minimum Gasteiger partial charge on any atom is -0.508 e. The first-order valence-electron chi connectivity index (χ1n) is 14.0. The van der Waals surface area contributed by atoms with Crippen molar-refractivity contribution < 1.29 is 38.5 Å². The Morgan fingerprint density at radius 3 is 2.50 bits per heavy atom. The zero-order valence-corrected chi connectivity index (χ0v) is 24.5.